The second kappa shape index (κ2) is 9.61. The van der Waals surface area contributed by atoms with Gasteiger partial charge in [-0.15, -0.1) is 0 Å². The van der Waals surface area contributed by atoms with E-state index >= 15 is 0 Å². The van der Waals surface area contributed by atoms with Crippen LogP contribution < -0.4 is 15.6 Å². The van der Waals surface area contributed by atoms with Gasteiger partial charge < -0.3 is 20.5 Å². The molecule has 2 rings (SSSR count). The van der Waals surface area contributed by atoms with Gasteiger partial charge in [0, 0.05) is 19.0 Å². The zero-order valence-corrected chi connectivity index (χ0v) is 17.2. The van der Waals surface area contributed by atoms with Crippen LogP contribution in [0.2, 0.25) is 0 Å². The average molecular weight is 413 g/mol. The Morgan fingerprint density at radius 3 is 2.54 bits per heavy atom. The largest absolute Gasteiger partial charge is 0.492 e. The van der Waals surface area contributed by atoms with Crippen LogP contribution in [-0.4, -0.2) is 49.0 Å². The molecule has 0 spiro atoms. The number of hydrogen-bond acceptors (Lipinski definition) is 6. The minimum Gasteiger partial charge on any atom is -0.492 e. The van der Waals surface area contributed by atoms with Gasteiger partial charge in [0.05, 0.1) is 17.0 Å². The maximum absolute atomic E-state index is 10.9. The number of piperidine rings is 1. The van der Waals surface area contributed by atoms with E-state index in [1.165, 1.54) is 4.90 Å². The summed E-state index contributed by atoms with van der Waals surface area (Å²) in [6.07, 6.45) is 0.868. The highest BCUT2D eigenvalue weighted by molar-refractivity contribution is 7.90. The third-order valence-corrected chi connectivity index (χ3v) is 5.99. The highest BCUT2D eigenvalue weighted by Crippen LogP contribution is 2.25. The van der Waals surface area contributed by atoms with Gasteiger partial charge in [-0.3, -0.25) is 0 Å². The first-order valence-corrected chi connectivity index (χ1v) is 10.3. The lowest BCUT2D eigenvalue weighted by Crippen LogP contribution is -2.40. The van der Waals surface area contributed by atoms with Crippen LogP contribution in [0.25, 0.3) is 0 Å². The van der Waals surface area contributed by atoms with E-state index in [1.807, 2.05) is 6.07 Å². The highest BCUT2D eigenvalue weighted by atomic mass is 32.2. The van der Waals surface area contributed by atoms with Crippen LogP contribution in [0.5, 0.6) is 5.75 Å². The van der Waals surface area contributed by atoms with Gasteiger partial charge in [-0.1, -0.05) is 6.07 Å². The lowest BCUT2D eigenvalue weighted by molar-refractivity contribution is 0.105. The Bertz CT molecular complexity index is 827. The van der Waals surface area contributed by atoms with E-state index in [4.69, 9.17) is 26.0 Å². The van der Waals surface area contributed by atoms with Gasteiger partial charge in [0.15, 0.2) is 0 Å². The minimum absolute atomic E-state index is 0.146. The molecule has 0 bridgehead atoms. The van der Waals surface area contributed by atoms with Crippen LogP contribution in [0.4, 0.5) is 10.5 Å². The lowest BCUT2D eigenvalue weighted by Gasteiger charge is -2.30. The summed E-state index contributed by atoms with van der Waals surface area (Å²) in [7, 11) is -3.34. The van der Waals surface area contributed by atoms with Gasteiger partial charge in [-0.25, -0.2) is 18.4 Å². The predicted molar refractivity (Wildman–Crippen MR) is 106 cm³/mol. The zero-order valence-electron chi connectivity index (χ0n) is 16.4. The summed E-state index contributed by atoms with van der Waals surface area (Å²) < 4.78 is 25.7. The molecule has 1 fully saturated rings. The van der Waals surface area contributed by atoms with E-state index in [2.05, 4.69) is 0 Å². The van der Waals surface area contributed by atoms with Crippen molar-refractivity contribution in [3.8, 4) is 11.8 Å². The molecule has 0 aliphatic carbocycles. The minimum atomic E-state index is -3.34. The molecule has 1 aliphatic rings. The summed E-state index contributed by atoms with van der Waals surface area (Å²) in [5.41, 5.74) is 6.44. The van der Waals surface area contributed by atoms with E-state index in [0.717, 1.165) is 12.8 Å². The van der Waals surface area contributed by atoms with E-state index in [9.17, 15) is 13.2 Å². The molecule has 0 aromatic heterocycles. The lowest BCUT2D eigenvalue weighted by atomic mass is 9.99. The van der Waals surface area contributed by atoms with Crippen molar-refractivity contribution in [1.82, 2.24) is 4.90 Å². The number of primary sulfonamides is 1. The maximum atomic E-state index is 10.9. The Kier molecular flexibility index (Phi) is 8.08. The van der Waals surface area contributed by atoms with Crippen molar-refractivity contribution in [2.75, 3.05) is 25.4 Å². The van der Waals surface area contributed by atoms with Gasteiger partial charge in [0.1, 0.15) is 17.4 Å². The maximum Gasteiger partial charge on any atom is 0.407 e. The molecule has 10 heteroatoms. The molecule has 1 atom stereocenters. The zero-order chi connectivity index (χ0) is 21.5. The fourth-order valence-corrected chi connectivity index (χ4v) is 2.37. The number of ether oxygens (including phenoxy) is 1. The Balaban J connectivity index is 0.000000416. The van der Waals surface area contributed by atoms with E-state index in [0.29, 0.717) is 36.7 Å². The Morgan fingerprint density at radius 2 is 2.04 bits per heavy atom. The number of rotatable bonds is 3. The smallest absolute Gasteiger partial charge is 0.407 e. The third-order valence-electron chi connectivity index (χ3n) is 4.29. The van der Waals surface area contributed by atoms with Crippen LogP contribution in [0.3, 0.4) is 0 Å². The van der Waals surface area contributed by atoms with Gasteiger partial charge in [-0.2, -0.15) is 5.26 Å². The molecule has 0 radical (unpaired) electrons. The molecule has 1 unspecified atom stereocenters. The number of carbonyl (C=O) groups is 1. The van der Waals surface area contributed by atoms with Crippen LogP contribution in [0.1, 0.15) is 39.2 Å². The number of likely N-dealkylation sites (tertiary alicyclic amines) is 1. The molecule has 1 aromatic rings. The first kappa shape index (κ1) is 23.5. The molecule has 9 nitrogen and oxygen atoms in total. The van der Waals surface area contributed by atoms with Crippen molar-refractivity contribution in [1.29, 1.82) is 5.26 Å². The number of amides is 1. The van der Waals surface area contributed by atoms with Crippen molar-refractivity contribution in [3.63, 3.8) is 0 Å². The molecular weight excluding hydrogens is 384 g/mol. The first-order chi connectivity index (χ1) is 12.9. The normalized spacial score (nSPS) is 17.1. The molecule has 1 aliphatic heterocycles. The SMILES string of the molecule is CC(C)(C)S(N)(=O)=O.N#Cc1c(N)cccc1OCC1CCCN(C(=O)O)C1. The summed E-state index contributed by atoms with van der Waals surface area (Å²) in [5.74, 6) is 0.604. The Labute approximate surface area is 165 Å². The molecule has 1 aromatic carbocycles. The average Bonchev–Trinajstić information content (AvgIpc) is 2.59. The fourth-order valence-electron chi connectivity index (χ4n) is 2.37. The van der Waals surface area contributed by atoms with Crippen LogP contribution >= 0.6 is 0 Å². The molecule has 1 saturated heterocycles. The Hall–Kier alpha value is -2.51. The summed E-state index contributed by atoms with van der Waals surface area (Å²) in [4.78, 5) is 12.3. The van der Waals surface area contributed by atoms with Crippen LogP contribution in [-0.2, 0) is 10.0 Å². The number of nitrogens with two attached hydrogens (primary N) is 2. The molecule has 5 N–H and O–H groups in total. The number of benzene rings is 1. The van der Waals surface area contributed by atoms with Crippen LogP contribution in [0, 0.1) is 17.2 Å². The topological polar surface area (TPSA) is 160 Å². The summed E-state index contributed by atoms with van der Waals surface area (Å²) in [6, 6.07) is 7.11. The van der Waals surface area contributed by atoms with E-state index < -0.39 is 20.9 Å². The van der Waals surface area contributed by atoms with Gasteiger partial charge in [0.2, 0.25) is 10.0 Å². The van der Waals surface area contributed by atoms with Crippen molar-refractivity contribution in [2.24, 2.45) is 11.1 Å². The number of anilines is 1. The number of carboxylic acid groups (broad SMARTS) is 1. The van der Waals surface area contributed by atoms with Crippen molar-refractivity contribution in [2.45, 2.75) is 38.4 Å². The van der Waals surface area contributed by atoms with Gasteiger partial charge in [0.25, 0.3) is 0 Å². The van der Waals surface area contributed by atoms with E-state index in [1.54, 1.807) is 39.0 Å². The predicted octanol–water partition coefficient (Wildman–Crippen LogP) is 1.98. The van der Waals surface area contributed by atoms with Crippen molar-refractivity contribution < 1.29 is 23.1 Å². The first-order valence-electron chi connectivity index (χ1n) is 8.78. The standard InChI is InChI=1S/C14H17N3O3.C4H11NO2S/c15-7-11-12(16)4-1-5-13(11)20-9-10-3-2-6-17(8-10)14(18)19;1-4(2,3)8(5,6)7/h1,4-5,10H,2-3,6,8-9,16H2,(H,18,19);1-3H3,(H2,5,6,7). The summed E-state index contributed by atoms with van der Waals surface area (Å²) >= 11 is 0. The number of nitrogens with zero attached hydrogens (tertiary/aromatic N) is 2. The second-order valence-corrected chi connectivity index (χ2v) is 9.85. The number of hydrogen-bond donors (Lipinski definition) is 3. The van der Waals surface area contributed by atoms with Crippen LogP contribution in [0.15, 0.2) is 18.2 Å². The monoisotopic (exact) mass is 412 g/mol. The fraction of sp³-hybridized carbons (Fsp3) is 0.556. The number of nitriles is 1. The summed E-state index contributed by atoms with van der Waals surface area (Å²) in [5, 5.41) is 22.8. The summed E-state index contributed by atoms with van der Waals surface area (Å²) in [6.45, 7) is 6.11. The third kappa shape index (κ3) is 6.90. The molecule has 1 heterocycles. The molecule has 1 amide bonds. The number of sulfonamides is 1. The highest BCUT2D eigenvalue weighted by Gasteiger charge is 2.24. The quantitative estimate of drug-likeness (QED) is 0.640. The second-order valence-electron chi connectivity index (χ2n) is 7.54. The Morgan fingerprint density at radius 1 is 1.43 bits per heavy atom. The van der Waals surface area contributed by atoms with E-state index in [-0.39, 0.29) is 5.92 Å². The molecule has 156 valence electrons. The molecular formula is C18H28N4O5S. The van der Waals surface area contributed by atoms with Crippen molar-refractivity contribution >= 4 is 21.8 Å². The van der Waals surface area contributed by atoms with Crippen molar-refractivity contribution in [3.05, 3.63) is 23.8 Å². The van der Waals surface area contributed by atoms with Gasteiger partial charge >= 0.3 is 6.09 Å². The molecule has 28 heavy (non-hydrogen) atoms. The van der Waals surface area contributed by atoms with Gasteiger partial charge in [-0.05, 0) is 45.7 Å². The molecule has 0 saturated carbocycles. The number of nitrogen functional groups attached to an aromatic ring is 1.